The monoisotopic (exact) mass is 477 g/mol. The van der Waals surface area contributed by atoms with E-state index in [4.69, 9.17) is 4.42 Å². The van der Waals surface area contributed by atoms with Crippen LogP contribution in [0.15, 0.2) is 40.8 Å². The Morgan fingerprint density at radius 3 is 2.33 bits per heavy atom. The molecule has 33 heavy (non-hydrogen) atoms. The van der Waals surface area contributed by atoms with Crippen LogP contribution in [0.4, 0.5) is 13.2 Å². The Labute approximate surface area is 192 Å². The van der Waals surface area contributed by atoms with Crippen LogP contribution in [0.1, 0.15) is 50.1 Å². The van der Waals surface area contributed by atoms with Crippen molar-refractivity contribution in [1.82, 2.24) is 15.2 Å². The van der Waals surface area contributed by atoms with Gasteiger partial charge in [-0.05, 0) is 51.0 Å². The van der Waals surface area contributed by atoms with E-state index in [2.05, 4.69) is 10.3 Å². The number of carbonyl (C=O) groups is 2. The molecule has 1 saturated heterocycles. The van der Waals surface area contributed by atoms with Crippen molar-refractivity contribution in [3.05, 3.63) is 64.1 Å². The van der Waals surface area contributed by atoms with Crippen molar-refractivity contribution in [2.45, 2.75) is 38.9 Å². The van der Waals surface area contributed by atoms with Gasteiger partial charge in [0.1, 0.15) is 15.6 Å². The van der Waals surface area contributed by atoms with E-state index in [1.807, 2.05) is 0 Å². The SMILES string of the molecule is Cc1ccc(C(=O)NC2CCN(C(=O)c3sc(-c4ccc(C(F)(F)F)cc4)nc3C)CC2)o1. The second-order valence-corrected chi connectivity index (χ2v) is 8.96. The molecule has 0 unspecified atom stereocenters. The van der Waals surface area contributed by atoms with Gasteiger partial charge in [0.25, 0.3) is 11.8 Å². The molecule has 1 fully saturated rings. The topological polar surface area (TPSA) is 75.4 Å². The maximum atomic E-state index is 13.0. The molecule has 1 aromatic carbocycles. The minimum atomic E-state index is -4.40. The third-order valence-corrected chi connectivity index (χ3v) is 6.73. The summed E-state index contributed by atoms with van der Waals surface area (Å²) in [5.74, 6) is 0.500. The van der Waals surface area contributed by atoms with Gasteiger partial charge in [0.2, 0.25) is 0 Å². The Morgan fingerprint density at radius 2 is 1.76 bits per heavy atom. The molecule has 1 aliphatic heterocycles. The van der Waals surface area contributed by atoms with Gasteiger partial charge in [0.05, 0.1) is 11.3 Å². The van der Waals surface area contributed by atoms with Crippen LogP contribution >= 0.6 is 11.3 Å². The lowest BCUT2D eigenvalue weighted by Gasteiger charge is -2.32. The first-order valence-electron chi connectivity index (χ1n) is 10.4. The van der Waals surface area contributed by atoms with E-state index in [0.717, 1.165) is 12.1 Å². The lowest BCUT2D eigenvalue weighted by molar-refractivity contribution is -0.137. The molecule has 6 nitrogen and oxygen atoms in total. The number of rotatable bonds is 4. The van der Waals surface area contributed by atoms with Crippen LogP contribution in [0, 0.1) is 13.8 Å². The fraction of sp³-hybridized carbons (Fsp3) is 0.348. The number of amides is 2. The zero-order chi connectivity index (χ0) is 23.8. The van der Waals surface area contributed by atoms with Gasteiger partial charge < -0.3 is 14.6 Å². The molecular weight excluding hydrogens is 455 g/mol. The van der Waals surface area contributed by atoms with Crippen molar-refractivity contribution >= 4 is 23.2 Å². The molecule has 0 saturated carbocycles. The summed E-state index contributed by atoms with van der Waals surface area (Å²) in [6.07, 6.45) is -3.18. The summed E-state index contributed by atoms with van der Waals surface area (Å²) < 4.78 is 43.7. The molecule has 1 aliphatic rings. The number of piperidine rings is 1. The quantitative estimate of drug-likeness (QED) is 0.569. The third kappa shape index (κ3) is 5.11. The van der Waals surface area contributed by atoms with Gasteiger partial charge >= 0.3 is 6.18 Å². The standard InChI is InChI=1S/C23H22F3N3O3S/c1-13-3-8-18(32-13)20(30)28-17-9-11-29(12-10-17)22(31)19-14(2)27-21(33-19)15-4-6-16(7-5-15)23(24,25)26/h3-8,17H,9-12H2,1-2H3,(H,28,30). The van der Waals surface area contributed by atoms with Gasteiger partial charge in [-0.2, -0.15) is 13.2 Å². The minimum absolute atomic E-state index is 0.0581. The highest BCUT2D eigenvalue weighted by Crippen LogP contribution is 2.33. The van der Waals surface area contributed by atoms with Crippen molar-refractivity contribution < 1.29 is 27.2 Å². The number of benzene rings is 1. The van der Waals surface area contributed by atoms with Crippen molar-refractivity contribution in [1.29, 1.82) is 0 Å². The van der Waals surface area contributed by atoms with Crippen LogP contribution in [0.2, 0.25) is 0 Å². The Hall–Kier alpha value is -3.14. The van der Waals surface area contributed by atoms with Gasteiger partial charge in [-0.1, -0.05) is 12.1 Å². The number of hydrogen-bond donors (Lipinski definition) is 1. The van der Waals surface area contributed by atoms with E-state index in [-0.39, 0.29) is 23.6 Å². The molecule has 0 radical (unpaired) electrons. The predicted molar refractivity (Wildman–Crippen MR) is 117 cm³/mol. The molecule has 0 aliphatic carbocycles. The van der Waals surface area contributed by atoms with Crippen molar-refractivity contribution in [2.24, 2.45) is 0 Å². The van der Waals surface area contributed by atoms with Crippen molar-refractivity contribution in [3.8, 4) is 10.6 Å². The average molecular weight is 478 g/mol. The molecule has 1 N–H and O–H groups in total. The number of thiazole rings is 1. The molecule has 0 bridgehead atoms. The maximum Gasteiger partial charge on any atom is 0.416 e. The first-order chi connectivity index (χ1) is 15.6. The molecule has 0 atom stereocenters. The summed E-state index contributed by atoms with van der Waals surface area (Å²) in [5.41, 5.74) is 0.348. The summed E-state index contributed by atoms with van der Waals surface area (Å²) in [5, 5.41) is 3.44. The Bertz CT molecular complexity index is 1160. The maximum absolute atomic E-state index is 13.0. The Kier molecular flexibility index (Phi) is 6.29. The molecule has 174 valence electrons. The van der Waals surface area contributed by atoms with E-state index < -0.39 is 11.7 Å². The second kappa shape index (κ2) is 9.01. The van der Waals surface area contributed by atoms with Crippen LogP contribution in [-0.4, -0.2) is 40.8 Å². The number of alkyl halides is 3. The Balaban J connectivity index is 1.38. The minimum Gasteiger partial charge on any atom is -0.456 e. The van der Waals surface area contributed by atoms with Crippen molar-refractivity contribution in [2.75, 3.05) is 13.1 Å². The smallest absolute Gasteiger partial charge is 0.416 e. The molecule has 3 aromatic rings. The zero-order valence-corrected chi connectivity index (χ0v) is 18.8. The second-order valence-electron chi connectivity index (χ2n) is 7.96. The van der Waals surface area contributed by atoms with Crippen LogP contribution in [0.3, 0.4) is 0 Å². The normalized spacial score (nSPS) is 15.0. The largest absolute Gasteiger partial charge is 0.456 e. The zero-order valence-electron chi connectivity index (χ0n) is 18.0. The molecule has 3 heterocycles. The highest BCUT2D eigenvalue weighted by atomic mass is 32.1. The lowest BCUT2D eigenvalue weighted by atomic mass is 10.0. The van der Waals surface area contributed by atoms with Gasteiger partial charge in [0.15, 0.2) is 5.76 Å². The lowest BCUT2D eigenvalue weighted by Crippen LogP contribution is -2.46. The fourth-order valence-corrected chi connectivity index (χ4v) is 4.74. The summed E-state index contributed by atoms with van der Waals surface area (Å²) in [6, 6.07) is 8.05. The predicted octanol–water partition coefficient (Wildman–Crippen LogP) is 5.07. The summed E-state index contributed by atoms with van der Waals surface area (Å²) >= 11 is 1.17. The first kappa shape index (κ1) is 23.0. The van der Waals surface area contributed by atoms with Gasteiger partial charge in [-0.15, -0.1) is 11.3 Å². The van der Waals surface area contributed by atoms with Gasteiger partial charge in [0, 0.05) is 24.7 Å². The van der Waals surface area contributed by atoms with Crippen molar-refractivity contribution in [3.63, 3.8) is 0 Å². The van der Waals surface area contributed by atoms with Crippen LogP contribution in [-0.2, 0) is 6.18 Å². The number of nitrogens with one attached hydrogen (secondary N) is 1. The molecule has 4 rings (SSSR count). The fourth-order valence-electron chi connectivity index (χ4n) is 3.70. The van der Waals surface area contributed by atoms with E-state index in [1.165, 1.54) is 23.5 Å². The van der Waals surface area contributed by atoms with Gasteiger partial charge in [-0.25, -0.2) is 4.98 Å². The molecule has 2 aromatic heterocycles. The van der Waals surface area contributed by atoms with E-state index in [1.54, 1.807) is 30.9 Å². The number of aromatic nitrogens is 1. The van der Waals surface area contributed by atoms with E-state index in [0.29, 0.717) is 52.8 Å². The molecule has 0 spiro atoms. The van der Waals surface area contributed by atoms with E-state index >= 15 is 0 Å². The number of furan rings is 1. The number of carbonyl (C=O) groups excluding carboxylic acids is 2. The van der Waals surface area contributed by atoms with Crippen LogP contribution in [0.5, 0.6) is 0 Å². The summed E-state index contributed by atoms with van der Waals surface area (Å²) in [7, 11) is 0. The van der Waals surface area contributed by atoms with Gasteiger partial charge in [-0.3, -0.25) is 9.59 Å². The highest BCUT2D eigenvalue weighted by Gasteiger charge is 2.31. The third-order valence-electron chi connectivity index (χ3n) is 5.53. The highest BCUT2D eigenvalue weighted by molar-refractivity contribution is 7.17. The summed E-state index contributed by atoms with van der Waals surface area (Å²) in [6.45, 7) is 4.45. The number of likely N-dealkylation sites (tertiary alicyclic amines) is 1. The molecule has 2 amide bonds. The number of hydrogen-bond acceptors (Lipinski definition) is 5. The Morgan fingerprint density at radius 1 is 1.09 bits per heavy atom. The van der Waals surface area contributed by atoms with E-state index in [9.17, 15) is 22.8 Å². The summed E-state index contributed by atoms with van der Waals surface area (Å²) in [4.78, 5) is 31.9. The first-order valence-corrected chi connectivity index (χ1v) is 11.2. The van der Waals surface area contributed by atoms with Crippen LogP contribution < -0.4 is 5.32 Å². The number of halogens is 3. The average Bonchev–Trinajstić information content (AvgIpc) is 3.39. The number of aryl methyl sites for hydroxylation is 2. The molecule has 10 heteroatoms. The number of nitrogens with zero attached hydrogens (tertiary/aromatic N) is 2. The van der Waals surface area contributed by atoms with Crippen LogP contribution in [0.25, 0.3) is 10.6 Å². The molecular formula is C23H22F3N3O3S.